The molecule has 1 aliphatic heterocycles. The standard InChI is InChI=1S/C22H32N4S/c1-5-25(6-2)22(27)23-16-12-18-17-9-8-10-19-21(17)15(13-26(19)7-3)11-20(18)24(4)14-16/h8-10,13,16,18,20H,5-7,11-12,14H2,1-4H3,(H,23,27)/t16-,18?,20+/m0/s1. The van der Waals surface area contributed by atoms with Gasteiger partial charge in [-0.2, -0.15) is 0 Å². The van der Waals surface area contributed by atoms with Crippen LogP contribution in [0, 0.1) is 0 Å². The van der Waals surface area contributed by atoms with E-state index in [-0.39, 0.29) is 0 Å². The van der Waals surface area contributed by atoms with Crippen LogP contribution < -0.4 is 5.32 Å². The van der Waals surface area contributed by atoms with E-state index in [1.54, 1.807) is 0 Å². The maximum atomic E-state index is 5.68. The molecule has 5 heteroatoms. The largest absolute Gasteiger partial charge is 0.359 e. The molecule has 2 aromatic rings. The first-order chi connectivity index (χ1) is 13.1. The fourth-order valence-electron chi connectivity index (χ4n) is 5.26. The Morgan fingerprint density at radius 2 is 2.04 bits per heavy atom. The minimum absolute atomic E-state index is 0.411. The SMILES string of the molecule is CCN(CC)C(=S)N[C@H]1CC2c3cccc4c3c(cn4CC)C[C@H]2N(C)C1. The summed E-state index contributed by atoms with van der Waals surface area (Å²) in [4.78, 5) is 4.80. The van der Waals surface area contributed by atoms with Crippen LogP contribution in [0.15, 0.2) is 24.4 Å². The fraction of sp³-hybridized carbons (Fsp3) is 0.591. The summed E-state index contributed by atoms with van der Waals surface area (Å²) in [5, 5.41) is 6.09. The van der Waals surface area contributed by atoms with Crippen LogP contribution in [-0.2, 0) is 13.0 Å². The molecular weight excluding hydrogens is 352 g/mol. The Labute approximate surface area is 168 Å². The third kappa shape index (κ3) is 3.15. The predicted molar refractivity (Wildman–Crippen MR) is 118 cm³/mol. The smallest absolute Gasteiger partial charge is 0.169 e. The topological polar surface area (TPSA) is 23.4 Å². The number of rotatable bonds is 4. The average Bonchev–Trinajstić information content (AvgIpc) is 3.03. The Morgan fingerprint density at radius 1 is 1.26 bits per heavy atom. The summed E-state index contributed by atoms with van der Waals surface area (Å²) in [6.07, 6.45) is 4.71. The lowest BCUT2D eigenvalue weighted by molar-refractivity contribution is 0.133. The zero-order valence-corrected chi connectivity index (χ0v) is 17.9. The normalized spacial score (nSPS) is 24.7. The van der Waals surface area contributed by atoms with Gasteiger partial charge in [0, 0.05) is 61.3 Å². The van der Waals surface area contributed by atoms with Gasteiger partial charge < -0.3 is 19.7 Å². The van der Waals surface area contributed by atoms with Gasteiger partial charge in [0.25, 0.3) is 0 Å². The highest BCUT2D eigenvalue weighted by Gasteiger charge is 2.40. The van der Waals surface area contributed by atoms with E-state index in [2.05, 4.69) is 71.9 Å². The van der Waals surface area contributed by atoms with Gasteiger partial charge in [-0.25, -0.2) is 0 Å². The van der Waals surface area contributed by atoms with Crippen LogP contribution in [0.4, 0.5) is 0 Å². The van der Waals surface area contributed by atoms with Crippen LogP contribution in [0.25, 0.3) is 10.9 Å². The monoisotopic (exact) mass is 384 g/mol. The van der Waals surface area contributed by atoms with Gasteiger partial charge in [-0.15, -0.1) is 0 Å². The maximum absolute atomic E-state index is 5.68. The zero-order valence-electron chi connectivity index (χ0n) is 17.0. The molecule has 1 fully saturated rings. The summed E-state index contributed by atoms with van der Waals surface area (Å²) in [6, 6.07) is 7.89. The summed E-state index contributed by atoms with van der Waals surface area (Å²) >= 11 is 5.68. The number of likely N-dealkylation sites (tertiary alicyclic amines) is 1. The van der Waals surface area contributed by atoms with Crippen molar-refractivity contribution in [2.45, 2.75) is 58.2 Å². The van der Waals surface area contributed by atoms with E-state index in [1.165, 1.54) is 22.0 Å². The molecular formula is C22H32N4S. The van der Waals surface area contributed by atoms with Crippen molar-refractivity contribution in [3.63, 3.8) is 0 Å². The third-order valence-corrected chi connectivity index (χ3v) is 7.02. The number of hydrogen-bond donors (Lipinski definition) is 1. The number of aryl methyl sites for hydroxylation is 1. The molecule has 0 bridgehead atoms. The highest BCUT2D eigenvalue weighted by molar-refractivity contribution is 7.80. The van der Waals surface area contributed by atoms with Crippen LogP contribution >= 0.6 is 12.2 Å². The number of benzene rings is 1. The second-order valence-electron chi connectivity index (χ2n) is 8.05. The quantitative estimate of drug-likeness (QED) is 0.814. The summed E-state index contributed by atoms with van der Waals surface area (Å²) in [7, 11) is 2.29. The van der Waals surface area contributed by atoms with E-state index in [0.29, 0.717) is 18.0 Å². The first-order valence-electron chi connectivity index (χ1n) is 10.4. The molecule has 0 spiro atoms. The van der Waals surface area contributed by atoms with Gasteiger partial charge in [0.1, 0.15) is 0 Å². The van der Waals surface area contributed by atoms with Crippen LogP contribution in [0.5, 0.6) is 0 Å². The van der Waals surface area contributed by atoms with E-state index in [1.807, 2.05) is 0 Å². The Kier molecular flexibility index (Phi) is 5.17. The predicted octanol–water partition coefficient (Wildman–Crippen LogP) is 3.59. The molecule has 1 unspecified atom stereocenters. The maximum Gasteiger partial charge on any atom is 0.169 e. The van der Waals surface area contributed by atoms with E-state index in [9.17, 15) is 0 Å². The molecule has 1 aromatic heterocycles. The van der Waals surface area contributed by atoms with Crippen molar-refractivity contribution in [1.29, 1.82) is 0 Å². The van der Waals surface area contributed by atoms with Crippen molar-refractivity contribution in [3.05, 3.63) is 35.5 Å². The summed E-state index contributed by atoms with van der Waals surface area (Å²) in [5.74, 6) is 0.574. The number of aromatic nitrogens is 1. The van der Waals surface area contributed by atoms with Crippen molar-refractivity contribution in [3.8, 4) is 0 Å². The molecule has 0 radical (unpaired) electrons. The van der Waals surface area contributed by atoms with Crippen LogP contribution in [0.3, 0.4) is 0 Å². The summed E-state index contributed by atoms with van der Waals surface area (Å²) in [5.41, 5.74) is 4.47. The number of thiocarbonyl (C=S) groups is 1. The van der Waals surface area contributed by atoms with E-state index >= 15 is 0 Å². The number of fused-ring (bicyclic) bond motifs is 2. The van der Waals surface area contributed by atoms with Gasteiger partial charge in [-0.05, 0) is 70.1 Å². The molecule has 4 rings (SSSR count). The molecule has 1 saturated heterocycles. The number of piperidine rings is 1. The Bertz CT molecular complexity index is 838. The highest BCUT2D eigenvalue weighted by atomic mass is 32.1. The van der Waals surface area contributed by atoms with Crippen LogP contribution in [-0.4, -0.2) is 58.2 Å². The van der Waals surface area contributed by atoms with Crippen molar-refractivity contribution < 1.29 is 0 Å². The zero-order chi connectivity index (χ0) is 19.1. The summed E-state index contributed by atoms with van der Waals surface area (Å²) < 4.78 is 2.41. The minimum Gasteiger partial charge on any atom is -0.359 e. The molecule has 1 aromatic carbocycles. The molecule has 3 atom stereocenters. The first-order valence-corrected chi connectivity index (χ1v) is 10.8. The molecule has 27 heavy (non-hydrogen) atoms. The van der Waals surface area contributed by atoms with Gasteiger partial charge >= 0.3 is 0 Å². The molecule has 1 aliphatic carbocycles. The van der Waals surface area contributed by atoms with Crippen molar-refractivity contribution in [2.75, 3.05) is 26.7 Å². The fourth-order valence-corrected chi connectivity index (χ4v) is 5.69. The average molecular weight is 385 g/mol. The third-order valence-electron chi connectivity index (χ3n) is 6.64. The van der Waals surface area contributed by atoms with E-state index < -0.39 is 0 Å². The Morgan fingerprint density at radius 3 is 2.74 bits per heavy atom. The lowest BCUT2D eigenvalue weighted by Crippen LogP contribution is -2.56. The highest BCUT2D eigenvalue weighted by Crippen LogP contribution is 2.43. The molecule has 146 valence electrons. The van der Waals surface area contributed by atoms with Gasteiger partial charge in [-0.3, -0.25) is 0 Å². The number of hydrogen-bond acceptors (Lipinski definition) is 2. The molecule has 0 amide bonds. The summed E-state index contributed by atoms with van der Waals surface area (Å²) in [6.45, 7) is 10.6. The van der Waals surface area contributed by atoms with Gasteiger partial charge in [0.15, 0.2) is 5.11 Å². The van der Waals surface area contributed by atoms with E-state index in [0.717, 1.165) is 44.1 Å². The minimum atomic E-state index is 0.411. The Balaban J connectivity index is 1.64. The number of likely N-dealkylation sites (N-methyl/N-ethyl adjacent to an activating group) is 1. The number of nitrogens with zero attached hydrogens (tertiary/aromatic N) is 3. The van der Waals surface area contributed by atoms with Crippen molar-refractivity contribution in [1.82, 2.24) is 19.7 Å². The van der Waals surface area contributed by atoms with Crippen molar-refractivity contribution >= 4 is 28.2 Å². The van der Waals surface area contributed by atoms with Crippen LogP contribution in [0.1, 0.15) is 44.2 Å². The Hall–Kier alpha value is -1.59. The lowest BCUT2D eigenvalue weighted by Gasteiger charge is -2.46. The van der Waals surface area contributed by atoms with Gasteiger partial charge in [-0.1, -0.05) is 12.1 Å². The second kappa shape index (κ2) is 7.44. The molecule has 2 aliphatic rings. The molecule has 1 N–H and O–H groups in total. The first kappa shape index (κ1) is 18.8. The molecule has 0 saturated carbocycles. The van der Waals surface area contributed by atoms with Gasteiger partial charge in [0.2, 0.25) is 0 Å². The second-order valence-corrected chi connectivity index (χ2v) is 8.44. The molecule has 2 heterocycles. The van der Waals surface area contributed by atoms with Crippen LogP contribution in [0.2, 0.25) is 0 Å². The van der Waals surface area contributed by atoms with E-state index in [4.69, 9.17) is 12.2 Å². The number of nitrogens with one attached hydrogen (secondary N) is 1. The van der Waals surface area contributed by atoms with Crippen molar-refractivity contribution in [2.24, 2.45) is 0 Å². The van der Waals surface area contributed by atoms with Gasteiger partial charge in [0.05, 0.1) is 0 Å². The lowest BCUT2D eigenvalue weighted by atomic mass is 9.74. The molecule has 4 nitrogen and oxygen atoms in total.